The van der Waals surface area contributed by atoms with Gasteiger partial charge in [-0.1, -0.05) is 31.5 Å². The number of amides is 1. The molecule has 1 atom stereocenters. The first-order valence-electron chi connectivity index (χ1n) is 6.01. The molecule has 1 aromatic rings. The van der Waals surface area contributed by atoms with Gasteiger partial charge in [-0.05, 0) is 30.5 Å². The molecule has 0 aliphatic heterocycles. The van der Waals surface area contributed by atoms with Crippen molar-refractivity contribution in [3.8, 4) is 0 Å². The highest BCUT2D eigenvalue weighted by Gasteiger charge is 2.25. The van der Waals surface area contributed by atoms with E-state index in [0.717, 1.165) is 5.56 Å². The lowest BCUT2D eigenvalue weighted by atomic mass is 10.0. The van der Waals surface area contributed by atoms with Crippen LogP contribution < -0.4 is 5.32 Å². The van der Waals surface area contributed by atoms with Gasteiger partial charge in [0.05, 0.1) is 17.7 Å². The Morgan fingerprint density at radius 2 is 1.95 bits per heavy atom. The molecule has 1 N–H and O–H groups in total. The van der Waals surface area contributed by atoms with Crippen molar-refractivity contribution in [2.24, 2.45) is 5.92 Å². The zero-order chi connectivity index (χ0) is 14.6. The molecule has 5 heteroatoms. The van der Waals surface area contributed by atoms with Gasteiger partial charge in [0.2, 0.25) is 0 Å². The van der Waals surface area contributed by atoms with Gasteiger partial charge in [-0.2, -0.15) is 0 Å². The molecule has 0 fully saturated rings. The number of methoxy groups -OCH3 is 1. The highest BCUT2D eigenvalue weighted by molar-refractivity contribution is 6.34. The Balaban J connectivity index is 2.91. The number of benzene rings is 1. The fraction of sp³-hybridized carbons (Fsp3) is 0.429. The Bertz CT molecular complexity index is 486. The van der Waals surface area contributed by atoms with Crippen LogP contribution in [0.25, 0.3) is 0 Å². The molecule has 1 amide bonds. The van der Waals surface area contributed by atoms with E-state index in [0.29, 0.717) is 10.6 Å². The molecule has 0 spiro atoms. The number of ether oxygens (including phenoxy) is 1. The molecule has 1 aromatic carbocycles. The van der Waals surface area contributed by atoms with Gasteiger partial charge in [-0.15, -0.1) is 0 Å². The second-order valence-corrected chi connectivity index (χ2v) is 5.11. The summed E-state index contributed by atoms with van der Waals surface area (Å²) in [7, 11) is 1.29. The van der Waals surface area contributed by atoms with E-state index in [2.05, 4.69) is 10.1 Å². The lowest BCUT2D eigenvalue weighted by Crippen LogP contribution is -2.45. The number of hydrogen-bond donors (Lipinski definition) is 1. The van der Waals surface area contributed by atoms with E-state index in [4.69, 9.17) is 11.6 Å². The summed E-state index contributed by atoms with van der Waals surface area (Å²) in [5, 5.41) is 3.01. The van der Waals surface area contributed by atoms with E-state index >= 15 is 0 Å². The molecule has 0 radical (unpaired) electrons. The number of aryl methyl sites for hydroxylation is 1. The third-order valence-corrected chi connectivity index (χ3v) is 3.09. The van der Waals surface area contributed by atoms with Crippen molar-refractivity contribution >= 4 is 23.5 Å². The average molecular weight is 284 g/mol. The molecule has 0 bridgehead atoms. The maximum absolute atomic E-state index is 12.1. The van der Waals surface area contributed by atoms with Crippen LogP contribution in [-0.4, -0.2) is 25.0 Å². The number of esters is 1. The van der Waals surface area contributed by atoms with E-state index in [1.807, 2.05) is 20.8 Å². The van der Waals surface area contributed by atoms with Crippen LogP contribution in [0.2, 0.25) is 5.02 Å². The molecule has 0 aliphatic carbocycles. The third-order valence-electron chi connectivity index (χ3n) is 2.78. The lowest BCUT2D eigenvalue weighted by Gasteiger charge is -2.20. The van der Waals surface area contributed by atoms with Crippen LogP contribution in [0.1, 0.15) is 29.8 Å². The van der Waals surface area contributed by atoms with Crippen LogP contribution in [0.5, 0.6) is 0 Å². The quantitative estimate of drug-likeness (QED) is 0.864. The Kier molecular flexibility index (Phi) is 5.36. The van der Waals surface area contributed by atoms with Crippen molar-refractivity contribution < 1.29 is 14.3 Å². The fourth-order valence-electron chi connectivity index (χ4n) is 1.65. The smallest absolute Gasteiger partial charge is 0.328 e. The summed E-state index contributed by atoms with van der Waals surface area (Å²) in [4.78, 5) is 23.7. The van der Waals surface area contributed by atoms with Crippen LogP contribution in [0, 0.1) is 12.8 Å². The number of halogens is 1. The minimum Gasteiger partial charge on any atom is -0.467 e. The zero-order valence-corrected chi connectivity index (χ0v) is 12.2. The summed E-state index contributed by atoms with van der Waals surface area (Å²) >= 11 is 6.02. The summed E-state index contributed by atoms with van der Waals surface area (Å²) in [5.74, 6) is -0.915. The molecule has 19 heavy (non-hydrogen) atoms. The fourth-order valence-corrected chi connectivity index (χ4v) is 1.97. The van der Waals surface area contributed by atoms with Crippen LogP contribution in [0.4, 0.5) is 0 Å². The molecule has 0 saturated carbocycles. The predicted molar refractivity (Wildman–Crippen MR) is 74.3 cm³/mol. The van der Waals surface area contributed by atoms with E-state index in [9.17, 15) is 9.59 Å². The van der Waals surface area contributed by atoms with Crippen molar-refractivity contribution in [1.29, 1.82) is 0 Å². The van der Waals surface area contributed by atoms with Crippen molar-refractivity contribution in [2.75, 3.05) is 7.11 Å². The normalized spacial score (nSPS) is 12.1. The zero-order valence-electron chi connectivity index (χ0n) is 11.5. The van der Waals surface area contributed by atoms with Crippen molar-refractivity contribution in [2.45, 2.75) is 26.8 Å². The molecule has 1 unspecified atom stereocenters. The Morgan fingerprint density at radius 3 is 2.42 bits per heavy atom. The highest BCUT2D eigenvalue weighted by Crippen LogP contribution is 2.18. The summed E-state index contributed by atoms with van der Waals surface area (Å²) in [6.45, 7) is 5.55. The summed E-state index contributed by atoms with van der Waals surface area (Å²) in [6.07, 6.45) is 0. The number of rotatable bonds is 4. The van der Waals surface area contributed by atoms with Crippen LogP contribution in [-0.2, 0) is 9.53 Å². The minimum absolute atomic E-state index is 0.0689. The first kappa shape index (κ1) is 15.5. The number of carbonyl (C=O) groups is 2. The Morgan fingerprint density at radius 1 is 1.32 bits per heavy atom. The standard InChI is InChI=1S/C14H18ClNO3/c1-8(2)12(14(18)19-4)16-13(17)10-6-5-9(3)7-11(10)15/h5-8,12H,1-4H3,(H,16,17). The first-order chi connectivity index (χ1) is 8.86. The van der Waals surface area contributed by atoms with E-state index in [1.165, 1.54) is 7.11 Å². The van der Waals surface area contributed by atoms with Gasteiger partial charge in [0, 0.05) is 0 Å². The van der Waals surface area contributed by atoms with Gasteiger partial charge in [-0.25, -0.2) is 4.79 Å². The van der Waals surface area contributed by atoms with Gasteiger partial charge in [-0.3, -0.25) is 4.79 Å². The molecule has 0 aromatic heterocycles. The second kappa shape index (κ2) is 6.57. The predicted octanol–water partition coefficient (Wildman–Crippen LogP) is 2.58. The van der Waals surface area contributed by atoms with Crippen LogP contribution in [0.15, 0.2) is 18.2 Å². The number of hydrogen-bond acceptors (Lipinski definition) is 3. The summed E-state index contributed by atoms with van der Waals surface area (Å²) in [6, 6.07) is 4.46. The van der Waals surface area contributed by atoms with Crippen molar-refractivity contribution in [3.05, 3.63) is 34.3 Å². The molecular formula is C14H18ClNO3. The largest absolute Gasteiger partial charge is 0.467 e. The van der Waals surface area contributed by atoms with Gasteiger partial charge >= 0.3 is 5.97 Å². The molecule has 0 heterocycles. The average Bonchev–Trinajstić information content (AvgIpc) is 2.34. The molecule has 4 nitrogen and oxygen atoms in total. The number of carbonyl (C=O) groups excluding carboxylic acids is 2. The number of nitrogens with one attached hydrogen (secondary N) is 1. The SMILES string of the molecule is COC(=O)C(NC(=O)c1ccc(C)cc1Cl)C(C)C. The molecule has 1 rings (SSSR count). The topological polar surface area (TPSA) is 55.4 Å². The van der Waals surface area contributed by atoms with Gasteiger partial charge < -0.3 is 10.1 Å². The molecule has 0 aliphatic rings. The summed E-state index contributed by atoms with van der Waals surface area (Å²) < 4.78 is 4.67. The van der Waals surface area contributed by atoms with Gasteiger partial charge in [0.1, 0.15) is 6.04 Å². The second-order valence-electron chi connectivity index (χ2n) is 4.70. The van der Waals surface area contributed by atoms with Crippen molar-refractivity contribution in [3.63, 3.8) is 0 Å². The third kappa shape index (κ3) is 3.96. The lowest BCUT2D eigenvalue weighted by molar-refractivity contribution is -0.144. The maximum atomic E-state index is 12.1. The molecule has 104 valence electrons. The van der Waals surface area contributed by atoms with Crippen LogP contribution >= 0.6 is 11.6 Å². The first-order valence-corrected chi connectivity index (χ1v) is 6.39. The van der Waals surface area contributed by atoms with Gasteiger partial charge in [0.15, 0.2) is 0 Å². The van der Waals surface area contributed by atoms with E-state index in [-0.39, 0.29) is 11.8 Å². The Hall–Kier alpha value is -1.55. The summed E-state index contributed by atoms with van der Waals surface area (Å²) in [5.41, 5.74) is 1.32. The van der Waals surface area contributed by atoms with Crippen molar-refractivity contribution in [1.82, 2.24) is 5.32 Å². The molecule has 0 saturated heterocycles. The Labute approximate surface area is 118 Å². The minimum atomic E-state index is -0.685. The maximum Gasteiger partial charge on any atom is 0.328 e. The monoisotopic (exact) mass is 283 g/mol. The van der Waals surface area contributed by atoms with E-state index < -0.39 is 12.0 Å². The molecular weight excluding hydrogens is 266 g/mol. The van der Waals surface area contributed by atoms with E-state index in [1.54, 1.807) is 18.2 Å². The van der Waals surface area contributed by atoms with Gasteiger partial charge in [0.25, 0.3) is 5.91 Å². The van der Waals surface area contributed by atoms with Crippen LogP contribution in [0.3, 0.4) is 0 Å². The highest BCUT2D eigenvalue weighted by atomic mass is 35.5.